The maximum absolute atomic E-state index is 12.4. The predicted octanol–water partition coefficient (Wildman–Crippen LogP) is 2.21. The van der Waals surface area contributed by atoms with E-state index in [-0.39, 0.29) is 5.91 Å². The third-order valence-corrected chi connectivity index (χ3v) is 3.72. The maximum Gasteiger partial charge on any atom is 0.260 e. The van der Waals surface area contributed by atoms with Crippen molar-refractivity contribution in [2.24, 2.45) is 7.05 Å². The predicted molar refractivity (Wildman–Crippen MR) is 72.6 cm³/mol. The molecule has 6 heteroatoms. The number of anilines is 1. The van der Waals surface area contributed by atoms with E-state index >= 15 is 0 Å². The number of aromatic nitrogens is 2. The van der Waals surface area contributed by atoms with E-state index in [0.29, 0.717) is 17.7 Å². The molecule has 0 saturated carbocycles. The highest BCUT2D eigenvalue weighted by molar-refractivity contribution is 9.10. The normalized spacial score (nSPS) is 13.5. The van der Waals surface area contributed by atoms with Gasteiger partial charge >= 0.3 is 0 Å². The van der Waals surface area contributed by atoms with Gasteiger partial charge in [-0.2, -0.15) is 10.4 Å². The smallest absolute Gasteiger partial charge is 0.260 e. The largest absolute Gasteiger partial charge is 0.287 e. The summed E-state index contributed by atoms with van der Waals surface area (Å²) in [5, 5.41) is 13.0. The Morgan fingerprint density at radius 3 is 2.89 bits per heavy atom. The zero-order valence-corrected chi connectivity index (χ0v) is 11.7. The SMILES string of the molecule is Cn1ncc(Br)c1N1Cc2ccc(C#N)cc2C1=O. The fourth-order valence-electron chi connectivity index (χ4n) is 2.25. The Morgan fingerprint density at radius 2 is 2.26 bits per heavy atom. The second-order valence-corrected chi connectivity index (χ2v) is 5.17. The Labute approximate surface area is 118 Å². The summed E-state index contributed by atoms with van der Waals surface area (Å²) in [7, 11) is 1.79. The zero-order valence-electron chi connectivity index (χ0n) is 10.1. The number of fused-ring (bicyclic) bond motifs is 1. The van der Waals surface area contributed by atoms with Gasteiger partial charge in [0.05, 0.1) is 28.8 Å². The van der Waals surface area contributed by atoms with Gasteiger partial charge in [-0.15, -0.1) is 0 Å². The molecule has 0 bridgehead atoms. The molecule has 0 N–H and O–H groups in total. The number of rotatable bonds is 1. The van der Waals surface area contributed by atoms with Gasteiger partial charge < -0.3 is 0 Å². The average Bonchev–Trinajstić information content (AvgIpc) is 2.90. The molecule has 1 aromatic heterocycles. The third-order valence-electron chi connectivity index (χ3n) is 3.16. The molecule has 1 aliphatic rings. The molecule has 0 saturated heterocycles. The van der Waals surface area contributed by atoms with Crippen molar-refractivity contribution in [2.75, 3.05) is 4.90 Å². The van der Waals surface area contributed by atoms with Crippen molar-refractivity contribution in [1.29, 1.82) is 5.26 Å². The molecule has 2 aromatic rings. The van der Waals surface area contributed by atoms with E-state index in [1.165, 1.54) is 0 Å². The Hall–Kier alpha value is -2.13. The monoisotopic (exact) mass is 316 g/mol. The summed E-state index contributed by atoms with van der Waals surface area (Å²) in [4.78, 5) is 14.1. The Bertz CT molecular complexity index is 709. The van der Waals surface area contributed by atoms with Crippen LogP contribution in [0, 0.1) is 11.3 Å². The minimum atomic E-state index is -0.101. The molecule has 1 aliphatic heterocycles. The van der Waals surface area contributed by atoms with E-state index in [1.807, 2.05) is 6.07 Å². The number of amides is 1. The number of carbonyl (C=O) groups is 1. The van der Waals surface area contributed by atoms with E-state index in [1.54, 1.807) is 35.0 Å². The summed E-state index contributed by atoms with van der Waals surface area (Å²) in [6, 6.07) is 7.25. The Morgan fingerprint density at radius 1 is 1.47 bits per heavy atom. The molecule has 2 heterocycles. The lowest BCUT2D eigenvalue weighted by atomic mass is 10.1. The number of aryl methyl sites for hydroxylation is 1. The number of carbonyl (C=O) groups excluding carboxylic acids is 1. The van der Waals surface area contributed by atoms with Gasteiger partial charge in [-0.1, -0.05) is 6.07 Å². The van der Waals surface area contributed by atoms with Crippen LogP contribution in [0.5, 0.6) is 0 Å². The van der Waals surface area contributed by atoms with Crippen LogP contribution in [-0.4, -0.2) is 15.7 Å². The number of nitrogens with zero attached hydrogens (tertiary/aromatic N) is 4. The summed E-state index contributed by atoms with van der Waals surface area (Å²) >= 11 is 3.40. The number of hydrogen-bond acceptors (Lipinski definition) is 3. The minimum absolute atomic E-state index is 0.101. The Balaban J connectivity index is 2.07. The number of benzene rings is 1. The van der Waals surface area contributed by atoms with Gasteiger partial charge in [-0.25, -0.2) is 0 Å². The molecule has 5 nitrogen and oxygen atoms in total. The molecule has 0 radical (unpaired) electrons. The second-order valence-electron chi connectivity index (χ2n) is 4.31. The van der Waals surface area contributed by atoms with Crippen LogP contribution in [0.2, 0.25) is 0 Å². The van der Waals surface area contributed by atoms with Crippen LogP contribution in [0.3, 0.4) is 0 Å². The summed E-state index contributed by atoms with van der Waals surface area (Å²) in [6.45, 7) is 0.498. The van der Waals surface area contributed by atoms with Crippen molar-refractivity contribution in [3.05, 3.63) is 45.6 Å². The van der Waals surface area contributed by atoms with Crippen LogP contribution in [0.15, 0.2) is 28.9 Å². The lowest BCUT2D eigenvalue weighted by Gasteiger charge is -2.16. The topological polar surface area (TPSA) is 61.9 Å². The summed E-state index contributed by atoms with van der Waals surface area (Å²) in [5.74, 6) is 0.621. The van der Waals surface area contributed by atoms with Crippen LogP contribution in [0.1, 0.15) is 21.5 Å². The molecule has 1 aromatic carbocycles. The number of hydrogen-bond donors (Lipinski definition) is 0. The van der Waals surface area contributed by atoms with E-state index < -0.39 is 0 Å². The zero-order chi connectivity index (χ0) is 13.6. The molecule has 1 amide bonds. The lowest BCUT2D eigenvalue weighted by molar-refractivity contribution is 0.0995. The first-order valence-electron chi connectivity index (χ1n) is 5.64. The quantitative estimate of drug-likeness (QED) is 0.810. The van der Waals surface area contributed by atoms with Crippen LogP contribution in [0.25, 0.3) is 0 Å². The summed E-state index contributed by atoms with van der Waals surface area (Å²) in [6.07, 6.45) is 1.66. The van der Waals surface area contributed by atoms with Crippen LogP contribution < -0.4 is 4.90 Å². The van der Waals surface area contributed by atoms with E-state index in [9.17, 15) is 4.79 Å². The van der Waals surface area contributed by atoms with Crippen molar-refractivity contribution >= 4 is 27.7 Å². The van der Waals surface area contributed by atoms with Crippen LogP contribution >= 0.6 is 15.9 Å². The van der Waals surface area contributed by atoms with Gasteiger partial charge in [-0.05, 0) is 33.6 Å². The number of nitriles is 1. The summed E-state index contributed by atoms with van der Waals surface area (Å²) in [5.41, 5.74) is 2.02. The van der Waals surface area contributed by atoms with Crippen molar-refractivity contribution in [3.63, 3.8) is 0 Å². The van der Waals surface area contributed by atoms with Crippen LogP contribution in [-0.2, 0) is 13.6 Å². The van der Waals surface area contributed by atoms with E-state index in [4.69, 9.17) is 5.26 Å². The highest BCUT2D eigenvalue weighted by Crippen LogP contribution is 2.33. The fraction of sp³-hybridized carbons (Fsp3) is 0.154. The Kier molecular flexibility index (Phi) is 2.64. The van der Waals surface area contributed by atoms with Crippen molar-refractivity contribution in [3.8, 4) is 6.07 Å². The highest BCUT2D eigenvalue weighted by atomic mass is 79.9. The molecule has 94 valence electrons. The maximum atomic E-state index is 12.4. The van der Waals surface area contributed by atoms with Gasteiger partial charge in [0.2, 0.25) is 0 Å². The standard InChI is InChI=1S/C13H9BrN4O/c1-17-12(11(14)6-16-17)18-7-9-3-2-8(5-15)4-10(9)13(18)19/h2-4,6H,7H2,1H3. The van der Waals surface area contributed by atoms with Gasteiger partial charge in [-0.3, -0.25) is 14.4 Å². The van der Waals surface area contributed by atoms with Gasteiger partial charge in [0.25, 0.3) is 5.91 Å². The molecule has 0 unspecified atom stereocenters. The van der Waals surface area contributed by atoms with E-state index in [2.05, 4.69) is 27.1 Å². The van der Waals surface area contributed by atoms with Crippen LogP contribution in [0.4, 0.5) is 5.82 Å². The average molecular weight is 317 g/mol. The number of halogens is 1. The molecular formula is C13H9BrN4O. The highest BCUT2D eigenvalue weighted by Gasteiger charge is 2.31. The first-order valence-corrected chi connectivity index (χ1v) is 6.43. The third kappa shape index (κ3) is 1.74. The first kappa shape index (κ1) is 11.9. The molecular weight excluding hydrogens is 308 g/mol. The first-order chi connectivity index (χ1) is 9.11. The van der Waals surface area contributed by atoms with Crippen molar-refractivity contribution in [2.45, 2.75) is 6.54 Å². The van der Waals surface area contributed by atoms with Crippen molar-refractivity contribution in [1.82, 2.24) is 9.78 Å². The molecule has 0 atom stereocenters. The minimum Gasteiger partial charge on any atom is -0.287 e. The molecule has 19 heavy (non-hydrogen) atoms. The summed E-state index contributed by atoms with van der Waals surface area (Å²) < 4.78 is 2.43. The van der Waals surface area contributed by atoms with Gasteiger partial charge in [0, 0.05) is 12.6 Å². The fourth-order valence-corrected chi connectivity index (χ4v) is 2.81. The molecule has 0 fully saturated rings. The lowest BCUT2D eigenvalue weighted by Crippen LogP contribution is -2.25. The van der Waals surface area contributed by atoms with Gasteiger partial charge in [0.1, 0.15) is 5.82 Å². The molecule has 3 rings (SSSR count). The second kappa shape index (κ2) is 4.21. The van der Waals surface area contributed by atoms with Crippen molar-refractivity contribution < 1.29 is 4.79 Å². The van der Waals surface area contributed by atoms with E-state index in [0.717, 1.165) is 15.9 Å². The molecule has 0 aliphatic carbocycles. The molecule has 0 spiro atoms. The van der Waals surface area contributed by atoms with Gasteiger partial charge in [0.15, 0.2) is 0 Å².